The summed E-state index contributed by atoms with van der Waals surface area (Å²) in [5.74, 6) is -1.13. The first-order chi connectivity index (χ1) is 7.69. The molecule has 0 saturated carbocycles. The molecule has 5 nitrogen and oxygen atoms in total. The Morgan fingerprint density at radius 1 is 1.56 bits per heavy atom. The minimum atomic E-state index is -0.611. The second-order valence-corrected chi connectivity index (χ2v) is 2.96. The summed E-state index contributed by atoms with van der Waals surface area (Å²) in [5.41, 5.74) is 0.351. The van der Waals surface area contributed by atoms with Crippen LogP contribution in [0.4, 0.5) is 10.1 Å². The molecule has 0 bridgehead atoms. The minimum absolute atomic E-state index is 0.0556. The summed E-state index contributed by atoms with van der Waals surface area (Å²) in [5, 5.41) is 2.84. The molecular formula is C10H13FN2O3. The molecule has 0 amide bonds. The monoisotopic (exact) mass is 228 g/mol. The van der Waals surface area contributed by atoms with E-state index >= 15 is 0 Å². The number of carbonyl (C=O) groups excluding carboxylic acids is 1. The highest BCUT2D eigenvalue weighted by Crippen LogP contribution is 2.14. The molecule has 0 fully saturated rings. The maximum absolute atomic E-state index is 12.9. The van der Waals surface area contributed by atoms with E-state index in [2.05, 4.69) is 15.0 Å². The van der Waals surface area contributed by atoms with Crippen LogP contribution in [0.15, 0.2) is 12.3 Å². The average Bonchev–Trinajstić information content (AvgIpc) is 2.29. The van der Waals surface area contributed by atoms with Gasteiger partial charge in [0.15, 0.2) is 5.69 Å². The Morgan fingerprint density at radius 3 is 2.94 bits per heavy atom. The average molecular weight is 228 g/mol. The van der Waals surface area contributed by atoms with Crippen molar-refractivity contribution >= 4 is 11.7 Å². The molecular weight excluding hydrogens is 215 g/mol. The Morgan fingerprint density at radius 2 is 2.31 bits per heavy atom. The minimum Gasteiger partial charge on any atom is -0.464 e. The van der Waals surface area contributed by atoms with Gasteiger partial charge in [0.2, 0.25) is 0 Å². The van der Waals surface area contributed by atoms with Gasteiger partial charge in [-0.05, 0) is 0 Å². The third-order valence-corrected chi connectivity index (χ3v) is 1.85. The summed E-state index contributed by atoms with van der Waals surface area (Å²) in [7, 11) is 2.79. The van der Waals surface area contributed by atoms with Crippen molar-refractivity contribution in [3.05, 3.63) is 23.8 Å². The van der Waals surface area contributed by atoms with Gasteiger partial charge in [0.1, 0.15) is 5.82 Å². The zero-order chi connectivity index (χ0) is 12.0. The van der Waals surface area contributed by atoms with E-state index in [0.717, 1.165) is 6.20 Å². The fourth-order valence-corrected chi connectivity index (χ4v) is 1.12. The molecule has 0 atom stereocenters. The van der Waals surface area contributed by atoms with Crippen LogP contribution >= 0.6 is 0 Å². The van der Waals surface area contributed by atoms with Gasteiger partial charge in [0, 0.05) is 19.7 Å². The van der Waals surface area contributed by atoms with Gasteiger partial charge in [-0.15, -0.1) is 0 Å². The zero-order valence-corrected chi connectivity index (χ0v) is 9.12. The van der Waals surface area contributed by atoms with E-state index in [-0.39, 0.29) is 5.69 Å². The second-order valence-electron chi connectivity index (χ2n) is 2.96. The van der Waals surface area contributed by atoms with Crippen molar-refractivity contribution in [2.24, 2.45) is 0 Å². The second kappa shape index (κ2) is 6.02. The van der Waals surface area contributed by atoms with Crippen LogP contribution in [0.5, 0.6) is 0 Å². The zero-order valence-electron chi connectivity index (χ0n) is 9.12. The fraction of sp³-hybridized carbons (Fsp3) is 0.400. The predicted octanol–water partition coefficient (Wildman–Crippen LogP) is 1.07. The molecule has 0 spiro atoms. The number of nitrogens with one attached hydrogen (secondary N) is 1. The molecule has 0 radical (unpaired) electrons. The van der Waals surface area contributed by atoms with Crippen LogP contribution in [0.1, 0.15) is 10.5 Å². The van der Waals surface area contributed by atoms with E-state index in [9.17, 15) is 9.18 Å². The van der Waals surface area contributed by atoms with E-state index in [0.29, 0.717) is 18.8 Å². The van der Waals surface area contributed by atoms with Gasteiger partial charge in [-0.1, -0.05) is 0 Å². The molecule has 0 aliphatic carbocycles. The molecule has 0 unspecified atom stereocenters. The van der Waals surface area contributed by atoms with E-state index in [4.69, 9.17) is 4.74 Å². The maximum Gasteiger partial charge on any atom is 0.358 e. The molecule has 1 N–H and O–H groups in total. The lowest BCUT2D eigenvalue weighted by Gasteiger charge is -2.09. The number of halogens is 1. The number of aromatic nitrogens is 1. The number of esters is 1. The predicted molar refractivity (Wildman–Crippen MR) is 55.9 cm³/mol. The molecule has 1 aromatic heterocycles. The number of methoxy groups -OCH3 is 2. The van der Waals surface area contributed by atoms with Crippen LogP contribution in [0.3, 0.4) is 0 Å². The first kappa shape index (κ1) is 12.4. The number of anilines is 1. The highest BCUT2D eigenvalue weighted by Gasteiger charge is 2.14. The molecule has 88 valence electrons. The molecule has 1 rings (SSSR count). The lowest BCUT2D eigenvalue weighted by molar-refractivity contribution is 0.0595. The number of nitrogens with zero attached hydrogens (tertiary/aromatic N) is 1. The summed E-state index contributed by atoms with van der Waals surface area (Å²) in [6.07, 6.45) is 0.966. The highest BCUT2D eigenvalue weighted by molar-refractivity contribution is 5.93. The number of ether oxygens (including phenoxy) is 2. The standard InChI is InChI=1S/C10H13FN2O3/c1-15-4-3-12-8-5-7(11)6-13-9(8)10(14)16-2/h5-6,12H,3-4H2,1-2H3. The van der Waals surface area contributed by atoms with Gasteiger partial charge in [0.25, 0.3) is 0 Å². The summed E-state index contributed by atoms with van der Waals surface area (Å²) in [6.45, 7) is 0.892. The lowest BCUT2D eigenvalue weighted by Crippen LogP contribution is -2.14. The molecule has 1 aromatic rings. The number of pyridine rings is 1. The van der Waals surface area contributed by atoms with Gasteiger partial charge < -0.3 is 14.8 Å². The van der Waals surface area contributed by atoms with Crippen LogP contribution < -0.4 is 5.32 Å². The Kier molecular flexibility index (Phi) is 4.65. The van der Waals surface area contributed by atoms with Crippen molar-refractivity contribution < 1.29 is 18.7 Å². The van der Waals surface area contributed by atoms with Crippen LogP contribution in [0.2, 0.25) is 0 Å². The van der Waals surface area contributed by atoms with Crippen molar-refractivity contribution in [1.29, 1.82) is 0 Å². The Hall–Kier alpha value is -1.69. The van der Waals surface area contributed by atoms with Crippen molar-refractivity contribution in [3.63, 3.8) is 0 Å². The van der Waals surface area contributed by atoms with Gasteiger partial charge in [-0.25, -0.2) is 14.2 Å². The smallest absolute Gasteiger partial charge is 0.358 e. The molecule has 6 heteroatoms. The van der Waals surface area contributed by atoms with Crippen molar-refractivity contribution in [1.82, 2.24) is 4.98 Å². The molecule has 16 heavy (non-hydrogen) atoms. The van der Waals surface area contributed by atoms with Gasteiger partial charge in [-0.2, -0.15) is 0 Å². The van der Waals surface area contributed by atoms with Gasteiger partial charge in [0.05, 0.1) is 25.6 Å². The molecule has 1 heterocycles. The van der Waals surface area contributed by atoms with E-state index < -0.39 is 11.8 Å². The van der Waals surface area contributed by atoms with Crippen molar-refractivity contribution in [3.8, 4) is 0 Å². The van der Waals surface area contributed by atoms with Gasteiger partial charge >= 0.3 is 5.97 Å². The quantitative estimate of drug-likeness (QED) is 0.603. The normalized spacial score (nSPS) is 9.94. The SMILES string of the molecule is COCCNc1cc(F)cnc1C(=O)OC. The van der Waals surface area contributed by atoms with Crippen molar-refractivity contribution in [2.45, 2.75) is 0 Å². The van der Waals surface area contributed by atoms with E-state index in [1.165, 1.54) is 13.2 Å². The third-order valence-electron chi connectivity index (χ3n) is 1.85. The van der Waals surface area contributed by atoms with Crippen LogP contribution in [-0.2, 0) is 9.47 Å². The van der Waals surface area contributed by atoms with Crippen LogP contribution in [-0.4, -0.2) is 38.3 Å². The first-order valence-corrected chi connectivity index (χ1v) is 4.65. The summed E-state index contributed by atoms with van der Waals surface area (Å²) < 4.78 is 22.3. The van der Waals surface area contributed by atoms with Crippen molar-refractivity contribution in [2.75, 3.05) is 32.7 Å². The first-order valence-electron chi connectivity index (χ1n) is 4.65. The highest BCUT2D eigenvalue weighted by atomic mass is 19.1. The Labute approximate surface area is 92.6 Å². The maximum atomic E-state index is 12.9. The van der Waals surface area contributed by atoms with E-state index in [1.54, 1.807) is 7.11 Å². The largest absolute Gasteiger partial charge is 0.464 e. The lowest BCUT2D eigenvalue weighted by atomic mass is 10.3. The van der Waals surface area contributed by atoms with Crippen LogP contribution in [0, 0.1) is 5.82 Å². The van der Waals surface area contributed by atoms with E-state index in [1.807, 2.05) is 0 Å². The summed E-state index contributed by atoms with van der Waals surface area (Å²) >= 11 is 0. The third kappa shape index (κ3) is 3.16. The Bertz CT molecular complexity index is 371. The topological polar surface area (TPSA) is 60.5 Å². The van der Waals surface area contributed by atoms with Gasteiger partial charge in [-0.3, -0.25) is 0 Å². The molecule has 0 aromatic carbocycles. The molecule has 0 aliphatic rings. The summed E-state index contributed by atoms with van der Waals surface area (Å²) in [6, 6.07) is 1.19. The molecule has 0 aliphatic heterocycles. The number of hydrogen-bond acceptors (Lipinski definition) is 5. The number of hydrogen-bond donors (Lipinski definition) is 1. The van der Waals surface area contributed by atoms with Crippen LogP contribution in [0.25, 0.3) is 0 Å². The fourth-order valence-electron chi connectivity index (χ4n) is 1.12. The summed E-state index contributed by atoms with van der Waals surface area (Å²) in [4.78, 5) is 15.0. The Balaban J connectivity index is 2.85. The molecule has 0 saturated heterocycles. The number of rotatable bonds is 5. The number of carbonyl (C=O) groups is 1.